The summed E-state index contributed by atoms with van der Waals surface area (Å²) >= 11 is 0. The van der Waals surface area contributed by atoms with Crippen LogP contribution in [0.15, 0.2) is 0 Å². The molecule has 16 heavy (non-hydrogen) atoms. The van der Waals surface area contributed by atoms with Crippen molar-refractivity contribution in [1.82, 2.24) is 9.03 Å². The Morgan fingerprint density at radius 3 is 2.19 bits per heavy atom. The van der Waals surface area contributed by atoms with Crippen molar-refractivity contribution >= 4 is 10.2 Å². The SMILES string of the molecule is CCCCN(CCO)S(=O)(=O)NC(C)(C)C. The molecule has 0 aliphatic heterocycles. The van der Waals surface area contributed by atoms with Crippen molar-refractivity contribution in [3.05, 3.63) is 0 Å². The summed E-state index contributed by atoms with van der Waals surface area (Å²) in [5, 5.41) is 8.86. The first kappa shape index (κ1) is 15.8. The molecule has 0 amide bonds. The number of rotatable bonds is 7. The van der Waals surface area contributed by atoms with E-state index in [-0.39, 0.29) is 13.2 Å². The summed E-state index contributed by atoms with van der Waals surface area (Å²) in [4.78, 5) is 0. The van der Waals surface area contributed by atoms with E-state index in [1.807, 2.05) is 6.92 Å². The van der Waals surface area contributed by atoms with Crippen LogP contribution in [0.25, 0.3) is 0 Å². The van der Waals surface area contributed by atoms with Crippen molar-refractivity contribution in [1.29, 1.82) is 0 Å². The summed E-state index contributed by atoms with van der Waals surface area (Å²) in [6.45, 7) is 7.81. The monoisotopic (exact) mass is 252 g/mol. The number of aliphatic hydroxyl groups is 1. The second-order valence-electron chi connectivity index (χ2n) is 4.83. The highest BCUT2D eigenvalue weighted by Crippen LogP contribution is 2.07. The third kappa shape index (κ3) is 6.42. The summed E-state index contributed by atoms with van der Waals surface area (Å²) in [6, 6.07) is 0. The average Bonchev–Trinajstić information content (AvgIpc) is 2.07. The predicted octanol–water partition coefficient (Wildman–Crippen LogP) is 0.714. The smallest absolute Gasteiger partial charge is 0.280 e. The van der Waals surface area contributed by atoms with Crippen molar-refractivity contribution in [2.75, 3.05) is 19.7 Å². The van der Waals surface area contributed by atoms with Crippen molar-refractivity contribution in [3.8, 4) is 0 Å². The van der Waals surface area contributed by atoms with Gasteiger partial charge in [0.15, 0.2) is 0 Å². The average molecular weight is 252 g/mol. The highest BCUT2D eigenvalue weighted by molar-refractivity contribution is 7.87. The lowest BCUT2D eigenvalue weighted by molar-refractivity contribution is 0.249. The lowest BCUT2D eigenvalue weighted by Gasteiger charge is -2.27. The molecule has 6 heteroatoms. The minimum atomic E-state index is -3.49. The molecular formula is C10H24N2O3S. The lowest BCUT2D eigenvalue weighted by Crippen LogP contribution is -2.49. The maximum Gasteiger partial charge on any atom is 0.280 e. The topological polar surface area (TPSA) is 69.6 Å². The van der Waals surface area contributed by atoms with Crippen LogP contribution >= 0.6 is 0 Å². The maximum atomic E-state index is 11.9. The van der Waals surface area contributed by atoms with Crippen LogP contribution in [-0.4, -0.2) is 43.1 Å². The second-order valence-corrected chi connectivity index (χ2v) is 6.50. The molecule has 0 aromatic carbocycles. The molecule has 5 nitrogen and oxygen atoms in total. The molecule has 0 aliphatic carbocycles. The summed E-state index contributed by atoms with van der Waals surface area (Å²) in [5.41, 5.74) is -0.501. The number of hydrogen-bond acceptors (Lipinski definition) is 3. The van der Waals surface area contributed by atoms with Crippen LogP contribution in [0.3, 0.4) is 0 Å². The van der Waals surface area contributed by atoms with Gasteiger partial charge in [-0.3, -0.25) is 0 Å². The van der Waals surface area contributed by atoms with E-state index in [4.69, 9.17) is 5.11 Å². The number of unbranched alkanes of at least 4 members (excludes halogenated alkanes) is 1. The van der Waals surface area contributed by atoms with Gasteiger partial charge in [-0.05, 0) is 27.2 Å². The number of aliphatic hydroxyl groups excluding tert-OH is 1. The number of hydrogen-bond donors (Lipinski definition) is 2. The van der Waals surface area contributed by atoms with Gasteiger partial charge in [0, 0.05) is 18.6 Å². The first-order chi connectivity index (χ1) is 7.23. The Bertz CT molecular complexity index is 283. The molecular weight excluding hydrogens is 228 g/mol. The zero-order valence-electron chi connectivity index (χ0n) is 10.7. The lowest BCUT2D eigenvalue weighted by atomic mass is 10.1. The zero-order chi connectivity index (χ0) is 12.8. The Morgan fingerprint density at radius 2 is 1.81 bits per heavy atom. The molecule has 0 bridgehead atoms. The Labute approximate surface area is 99.0 Å². The fourth-order valence-corrected chi connectivity index (χ4v) is 2.84. The highest BCUT2D eigenvalue weighted by atomic mass is 32.2. The highest BCUT2D eigenvalue weighted by Gasteiger charge is 2.25. The number of nitrogens with zero attached hydrogens (tertiary/aromatic N) is 1. The van der Waals surface area contributed by atoms with Crippen LogP contribution < -0.4 is 4.72 Å². The van der Waals surface area contributed by atoms with Crippen molar-refractivity contribution in [2.24, 2.45) is 0 Å². The molecule has 0 spiro atoms. The minimum Gasteiger partial charge on any atom is -0.395 e. The Balaban J connectivity index is 4.62. The van der Waals surface area contributed by atoms with Crippen molar-refractivity contribution in [3.63, 3.8) is 0 Å². The standard InChI is InChI=1S/C10H24N2O3S/c1-5-6-7-12(8-9-13)16(14,15)11-10(2,3)4/h11,13H,5-9H2,1-4H3. The van der Waals surface area contributed by atoms with Crippen LogP contribution in [0, 0.1) is 0 Å². The molecule has 2 N–H and O–H groups in total. The molecule has 0 saturated heterocycles. The molecule has 0 aliphatic rings. The van der Waals surface area contributed by atoms with Gasteiger partial charge < -0.3 is 5.11 Å². The van der Waals surface area contributed by atoms with Gasteiger partial charge in [-0.15, -0.1) is 0 Å². The minimum absolute atomic E-state index is 0.144. The largest absolute Gasteiger partial charge is 0.395 e. The van der Waals surface area contributed by atoms with E-state index in [1.54, 1.807) is 20.8 Å². The number of nitrogens with one attached hydrogen (secondary N) is 1. The molecule has 0 aromatic heterocycles. The van der Waals surface area contributed by atoms with Gasteiger partial charge in [0.1, 0.15) is 0 Å². The van der Waals surface area contributed by atoms with Gasteiger partial charge in [-0.2, -0.15) is 17.4 Å². The summed E-state index contributed by atoms with van der Waals surface area (Å²) in [6.07, 6.45) is 1.72. The van der Waals surface area contributed by atoms with Gasteiger partial charge in [0.2, 0.25) is 0 Å². The van der Waals surface area contributed by atoms with Gasteiger partial charge in [0.25, 0.3) is 10.2 Å². The maximum absolute atomic E-state index is 11.9. The summed E-state index contributed by atoms with van der Waals surface area (Å²) in [7, 11) is -3.49. The summed E-state index contributed by atoms with van der Waals surface area (Å²) < 4.78 is 27.8. The second kappa shape index (κ2) is 6.54. The van der Waals surface area contributed by atoms with Crippen LogP contribution in [0.2, 0.25) is 0 Å². The fourth-order valence-electron chi connectivity index (χ4n) is 1.25. The fraction of sp³-hybridized carbons (Fsp3) is 1.00. The van der Waals surface area contributed by atoms with Crippen LogP contribution in [0.1, 0.15) is 40.5 Å². The van der Waals surface area contributed by atoms with E-state index in [0.717, 1.165) is 12.8 Å². The van der Waals surface area contributed by atoms with E-state index in [9.17, 15) is 8.42 Å². The Hall–Kier alpha value is -0.170. The van der Waals surface area contributed by atoms with E-state index in [2.05, 4.69) is 4.72 Å². The van der Waals surface area contributed by atoms with E-state index >= 15 is 0 Å². The van der Waals surface area contributed by atoms with E-state index < -0.39 is 15.7 Å². The van der Waals surface area contributed by atoms with Gasteiger partial charge in [0.05, 0.1) is 6.61 Å². The molecule has 0 atom stereocenters. The van der Waals surface area contributed by atoms with Gasteiger partial charge in [-0.1, -0.05) is 13.3 Å². The Morgan fingerprint density at radius 1 is 1.25 bits per heavy atom. The molecule has 98 valence electrons. The molecule has 0 saturated carbocycles. The molecule has 0 fully saturated rings. The quantitative estimate of drug-likeness (QED) is 0.701. The molecule has 0 unspecified atom stereocenters. The van der Waals surface area contributed by atoms with Crippen LogP contribution in [0.5, 0.6) is 0 Å². The normalized spacial score (nSPS) is 13.4. The predicted molar refractivity (Wildman–Crippen MR) is 65.4 cm³/mol. The first-order valence-electron chi connectivity index (χ1n) is 5.63. The van der Waals surface area contributed by atoms with E-state index in [0.29, 0.717) is 6.54 Å². The first-order valence-corrected chi connectivity index (χ1v) is 7.07. The Kier molecular flexibility index (Phi) is 6.47. The zero-order valence-corrected chi connectivity index (χ0v) is 11.5. The van der Waals surface area contributed by atoms with E-state index in [1.165, 1.54) is 4.31 Å². The van der Waals surface area contributed by atoms with Crippen molar-refractivity contribution < 1.29 is 13.5 Å². The molecule has 0 rings (SSSR count). The van der Waals surface area contributed by atoms with Crippen LogP contribution in [0.4, 0.5) is 0 Å². The third-order valence-electron chi connectivity index (χ3n) is 1.89. The van der Waals surface area contributed by atoms with Gasteiger partial charge >= 0.3 is 0 Å². The molecule has 0 aromatic rings. The van der Waals surface area contributed by atoms with Crippen molar-refractivity contribution in [2.45, 2.75) is 46.1 Å². The summed E-state index contributed by atoms with van der Waals surface area (Å²) in [5.74, 6) is 0. The molecule has 0 heterocycles. The molecule has 0 radical (unpaired) electrons. The van der Waals surface area contributed by atoms with Gasteiger partial charge in [-0.25, -0.2) is 0 Å². The third-order valence-corrected chi connectivity index (χ3v) is 3.80. The van der Waals surface area contributed by atoms with Crippen LogP contribution in [-0.2, 0) is 10.2 Å².